The van der Waals surface area contributed by atoms with Crippen LogP contribution < -0.4 is 5.32 Å². The van der Waals surface area contributed by atoms with Gasteiger partial charge in [-0.2, -0.15) is 0 Å². The monoisotopic (exact) mass is 359 g/mol. The second-order valence-corrected chi connectivity index (χ2v) is 8.25. The first-order chi connectivity index (χ1) is 11.9. The van der Waals surface area contributed by atoms with E-state index in [4.69, 9.17) is 0 Å². The van der Waals surface area contributed by atoms with Crippen molar-refractivity contribution < 1.29 is 13.2 Å². The molecule has 1 atom stereocenters. The number of hydrogen-bond acceptors (Lipinski definition) is 3. The molecular formula is C20H25NO3S. The molecule has 2 aromatic rings. The molecule has 0 radical (unpaired) electrons. The quantitative estimate of drug-likeness (QED) is 0.721. The summed E-state index contributed by atoms with van der Waals surface area (Å²) in [6.45, 7) is 2.15. The van der Waals surface area contributed by atoms with Gasteiger partial charge in [0, 0.05) is 11.8 Å². The van der Waals surface area contributed by atoms with E-state index in [1.807, 2.05) is 30.3 Å². The fourth-order valence-corrected chi connectivity index (χ4v) is 3.38. The largest absolute Gasteiger partial charge is 0.345 e. The highest BCUT2D eigenvalue weighted by Crippen LogP contribution is 2.21. The van der Waals surface area contributed by atoms with Crippen molar-refractivity contribution in [3.8, 4) is 0 Å². The number of amides is 1. The minimum Gasteiger partial charge on any atom is -0.345 e. The third kappa shape index (κ3) is 5.71. The first-order valence-corrected chi connectivity index (χ1v) is 10.5. The van der Waals surface area contributed by atoms with Crippen LogP contribution in [0.3, 0.4) is 0 Å². The Morgan fingerprint density at radius 3 is 2.40 bits per heavy atom. The SMILES string of the molecule is CCCCCC(NC(=O)c1cccc(S(C)(=O)=O)c1)c1ccccc1. The Morgan fingerprint density at radius 1 is 1.04 bits per heavy atom. The van der Waals surface area contributed by atoms with Crippen molar-refractivity contribution >= 4 is 15.7 Å². The summed E-state index contributed by atoms with van der Waals surface area (Å²) in [7, 11) is -3.34. The van der Waals surface area contributed by atoms with Gasteiger partial charge in [0.15, 0.2) is 9.84 Å². The molecule has 1 N–H and O–H groups in total. The highest BCUT2D eigenvalue weighted by Gasteiger charge is 2.17. The van der Waals surface area contributed by atoms with Gasteiger partial charge < -0.3 is 5.32 Å². The third-order valence-electron chi connectivity index (χ3n) is 4.13. The van der Waals surface area contributed by atoms with E-state index in [2.05, 4.69) is 12.2 Å². The normalized spacial score (nSPS) is 12.6. The highest BCUT2D eigenvalue weighted by atomic mass is 32.2. The molecule has 0 aliphatic heterocycles. The van der Waals surface area contributed by atoms with Crippen molar-refractivity contribution in [1.82, 2.24) is 5.32 Å². The maximum absolute atomic E-state index is 12.6. The van der Waals surface area contributed by atoms with Crippen molar-refractivity contribution in [1.29, 1.82) is 0 Å². The molecule has 0 aromatic heterocycles. The van der Waals surface area contributed by atoms with Gasteiger partial charge in [-0.3, -0.25) is 4.79 Å². The predicted molar refractivity (Wildman–Crippen MR) is 100 cm³/mol. The van der Waals surface area contributed by atoms with Gasteiger partial charge in [0.1, 0.15) is 0 Å². The number of carbonyl (C=O) groups is 1. The topological polar surface area (TPSA) is 63.2 Å². The molecule has 0 heterocycles. The van der Waals surface area contributed by atoms with E-state index in [9.17, 15) is 13.2 Å². The van der Waals surface area contributed by atoms with Gasteiger partial charge >= 0.3 is 0 Å². The molecule has 2 aromatic carbocycles. The minimum absolute atomic E-state index is 0.0814. The summed E-state index contributed by atoms with van der Waals surface area (Å²) in [4.78, 5) is 12.8. The predicted octanol–water partition coefficient (Wildman–Crippen LogP) is 4.14. The standard InChI is InChI=1S/C20H25NO3S/c1-3-4-6-14-19(16-10-7-5-8-11-16)21-20(22)17-12-9-13-18(15-17)25(2,23)24/h5,7-13,15,19H,3-4,6,14H2,1-2H3,(H,21,22). The van der Waals surface area contributed by atoms with E-state index in [0.29, 0.717) is 5.56 Å². The smallest absolute Gasteiger partial charge is 0.251 e. The molecule has 4 nitrogen and oxygen atoms in total. The van der Waals surface area contributed by atoms with Crippen molar-refractivity contribution in [2.24, 2.45) is 0 Å². The van der Waals surface area contributed by atoms with E-state index in [-0.39, 0.29) is 16.8 Å². The molecule has 0 fully saturated rings. The van der Waals surface area contributed by atoms with Gasteiger partial charge in [-0.25, -0.2) is 8.42 Å². The van der Waals surface area contributed by atoms with Crippen LogP contribution in [0.4, 0.5) is 0 Å². The van der Waals surface area contributed by atoms with Crippen LogP contribution in [0.1, 0.15) is 54.6 Å². The van der Waals surface area contributed by atoms with Gasteiger partial charge in [-0.15, -0.1) is 0 Å². The lowest BCUT2D eigenvalue weighted by Crippen LogP contribution is -2.28. The summed E-state index contributed by atoms with van der Waals surface area (Å²) in [5, 5.41) is 3.05. The molecule has 0 aliphatic rings. The number of rotatable bonds is 8. The molecular weight excluding hydrogens is 334 g/mol. The molecule has 0 saturated heterocycles. The Labute approximate surface area is 150 Å². The molecule has 5 heteroatoms. The van der Waals surface area contributed by atoms with Gasteiger partial charge in [-0.05, 0) is 30.2 Å². The summed E-state index contributed by atoms with van der Waals surface area (Å²) in [5.41, 5.74) is 1.42. The van der Waals surface area contributed by atoms with E-state index in [1.54, 1.807) is 12.1 Å². The van der Waals surface area contributed by atoms with Crippen LogP contribution in [-0.2, 0) is 9.84 Å². The lowest BCUT2D eigenvalue weighted by atomic mass is 10.00. The fraction of sp³-hybridized carbons (Fsp3) is 0.350. The number of sulfone groups is 1. The van der Waals surface area contributed by atoms with Crippen LogP contribution in [0.2, 0.25) is 0 Å². The number of carbonyl (C=O) groups excluding carboxylic acids is 1. The van der Waals surface area contributed by atoms with Crippen LogP contribution in [-0.4, -0.2) is 20.6 Å². The average Bonchev–Trinajstić information content (AvgIpc) is 2.61. The number of unbranched alkanes of at least 4 members (excludes halogenated alkanes) is 2. The molecule has 25 heavy (non-hydrogen) atoms. The van der Waals surface area contributed by atoms with Gasteiger partial charge in [-0.1, -0.05) is 62.6 Å². The van der Waals surface area contributed by atoms with Crippen LogP contribution in [0, 0.1) is 0 Å². The fourth-order valence-electron chi connectivity index (χ4n) is 2.72. The van der Waals surface area contributed by atoms with E-state index < -0.39 is 9.84 Å². The lowest BCUT2D eigenvalue weighted by molar-refractivity contribution is 0.0934. The Bertz CT molecular complexity index is 801. The first-order valence-electron chi connectivity index (χ1n) is 8.57. The average molecular weight is 359 g/mol. The van der Waals surface area contributed by atoms with Crippen LogP contribution in [0.5, 0.6) is 0 Å². The van der Waals surface area contributed by atoms with E-state index >= 15 is 0 Å². The minimum atomic E-state index is -3.34. The number of nitrogens with one attached hydrogen (secondary N) is 1. The van der Waals surface area contributed by atoms with Gasteiger partial charge in [0.05, 0.1) is 10.9 Å². The molecule has 1 amide bonds. The number of benzene rings is 2. The Balaban J connectivity index is 2.19. The molecule has 2 rings (SSSR count). The van der Waals surface area contributed by atoms with Crippen LogP contribution >= 0.6 is 0 Å². The summed E-state index contributed by atoms with van der Waals surface area (Å²) in [6.07, 6.45) is 5.26. The van der Waals surface area contributed by atoms with E-state index in [1.165, 1.54) is 12.1 Å². The maximum Gasteiger partial charge on any atom is 0.251 e. The summed E-state index contributed by atoms with van der Waals surface area (Å²) < 4.78 is 23.4. The second kappa shape index (κ2) is 8.81. The molecule has 0 spiro atoms. The zero-order chi connectivity index (χ0) is 18.3. The van der Waals surface area contributed by atoms with Crippen molar-refractivity contribution in [2.75, 3.05) is 6.26 Å². The van der Waals surface area contributed by atoms with Crippen molar-refractivity contribution in [2.45, 2.75) is 43.5 Å². The maximum atomic E-state index is 12.6. The third-order valence-corrected chi connectivity index (χ3v) is 5.24. The first kappa shape index (κ1) is 19.2. The van der Waals surface area contributed by atoms with Crippen LogP contribution in [0.25, 0.3) is 0 Å². The molecule has 0 saturated carbocycles. The zero-order valence-corrected chi connectivity index (χ0v) is 15.6. The summed E-state index contributed by atoms with van der Waals surface area (Å²) >= 11 is 0. The Morgan fingerprint density at radius 2 is 1.76 bits per heavy atom. The van der Waals surface area contributed by atoms with Crippen molar-refractivity contribution in [3.05, 3.63) is 65.7 Å². The molecule has 134 valence electrons. The zero-order valence-electron chi connectivity index (χ0n) is 14.7. The summed E-state index contributed by atoms with van der Waals surface area (Å²) in [6, 6.07) is 16.0. The molecule has 0 aliphatic carbocycles. The van der Waals surface area contributed by atoms with Gasteiger partial charge in [0.2, 0.25) is 0 Å². The molecule has 0 bridgehead atoms. The van der Waals surface area contributed by atoms with Crippen molar-refractivity contribution in [3.63, 3.8) is 0 Å². The number of hydrogen-bond donors (Lipinski definition) is 1. The Hall–Kier alpha value is -2.14. The highest BCUT2D eigenvalue weighted by molar-refractivity contribution is 7.90. The van der Waals surface area contributed by atoms with Crippen LogP contribution in [0.15, 0.2) is 59.5 Å². The summed E-state index contributed by atoms with van der Waals surface area (Å²) in [5.74, 6) is -0.254. The lowest BCUT2D eigenvalue weighted by Gasteiger charge is -2.19. The van der Waals surface area contributed by atoms with Gasteiger partial charge in [0.25, 0.3) is 5.91 Å². The second-order valence-electron chi connectivity index (χ2n) is 6.23. The van der Waals surface area contributed by atoms with E-state index in [0.717, 1.165) is 37.5 Å². The Kier molecular flexibility index (Phi) is 6.76. The molecule has 1 unspecified atom stereocenters.